The minimum atomic E-state index is 0.138. The predicted octanol–water partition coefficient (Wildman–Crippen LogP) is 3.75. The molecule has 4 heteroatoms. The molecule has 0 unspecified atom stereocenters. The van der Waals surface area contributed by atoms with E-state index >= 15 is 0 Å². The Kier molecular flexibility index (Phi) is 5.10. The largest absolute Gasteiger partial charge is 0.341 e. The Morgan fingerprint density at radius 1 is 1.25 bits per heavy atom. The topological polar surface area (TPSA) is 20.3 Å². The van der Waals surface area contributed by atoms with Gasteiger partial charge in [-0.2, -0.15) is 0 Å². The maximum Gasteiger partial charge on any atom is 0.222 e. The van der Waals surface area contributed by atoms with Gasteiger partial charge in [-0.3, -0.25) is 4.79 Å². The first-order chi connectivity index (χ1) is 7.52. The quantitative estimate of drug-likeness (QED) is 0.807. The molecule has 0 atom stereocenters. The highest BCUT2D eigenvalue weighted by atomic mass is 35.5. The fourth-order valence-corrected chi connectivity index (χ4v) is 2.04. The van der Waals surface area contributed by atoms with Crippen LogP contribution in [0.5, 0.6) is 0 Å². The van der Waals surface area contributed by atoms with E-state index in [0.29, 0.717) is 23.0 Å². The molecule has 0 aliphatic rings. The van der Waals surface area contributed by atoms with Gasteiger partial charge in [0, 0.05) is 30.1 Å². The molecule has 0 saturated carbocycles. The molecule has 1 aromatic rings. The first-order valence-electron chi connectivity index (χ1n) is 5.22. The second kappa shape index (κ2) is 6.12. The van der Waals surface area contributed by atoms with Crippen molar-refractivity contribution in [3.63, 3.8) is 0 Å². The standard InChI is InChI=1S/C12H15Cl2NO/c1-3-4-12(16)15(2)8-9-5-10(13)7-11(14)6-9/h5-7H,3-4,8H2,1-2H3. The Labute approximate surface area is 106 Å². The molecule has 0 heterocycles. The third-order valence-electron chi connectivity index (χ3n) is 2.23. The Balaban J connectivity index is 2.69. The van der Waals surface area contributed by atoms with Gasteiger partial charge in [0.1, 0.15) is 0 Å². The summed E-state index contributed by atoms with van der Waals surface area (Å²) in [5.74, 6) is 0.138. The van der Waals surface area contributed by atoms with E-state index in [9.17, 15) is 4.79 Å². The molecule has 1 aromatic carbocycles. The van der Waals surface area contributed by atoms with Gasteiger partial charge in [0.25, 0.3) is 0 Å². The first-order valence-corrected chi connectivity index (χ1v) is 5.97. The average Bonchev–Trinajstić information content (AvgIpc) is 2.16. The summed E-state index contributed by atoms with van der Waals surface area (Å²) < 4.78 is 0. The number of carbonyl (C=O) groups excluding carboxylic acids is 1. The Bertz CT molecular complexity index is 359. The van der Waals surface area contributed by atoms with Crippen LogP contribution in [-0.4, -0.2) is 17.9 Å². The third-order valence-corrected chi connectivity index (χ3v) is 2.67. The van der Waals surface area contributed by atoms with E-state index in [-0.39, 0.29) is 5.91 Å². The summed E-state index contributed by atoms with van der Waals surface area (Å²) in [6, 6.07) is 5.33. The molecule has 0 radical (unpaired) electrons. The van der Waals surface area contributed by atoms with Gasteiger partial charge in [-0.15, -0.1) is 0 Å². The van der Waals surface area contributed by atoms with Crippen LogP contribution in [0.15, 0.2) is 18.2 Å². The van der Waals surface area contributed by atoms with E-state index in [1.165, 1.54) is 0 Å². The van der Waals surface area contributed by atoms with E-state index in [2.05, 4.69) is 0 Å². The van der Waals surface area contributed by atoms with Crippen LogP contribution >= 0.6 is 23.2 Å². The number of hydrogen-bond donors (Lipinski definition) is 0. The van der Waals surface area contributed by atoms with Crippen LogP contribution in [0, 0.1) is 0 Å². The van der Waals surface area contributed by atoms with Gasteiger partial charge in [-0.05, 0) is 30.2 Å². The van der Waals surface area contributed by atoms with Crippen LogP contribution < -0.4 is 0 Å². The van der Waals surface area contributed by atoms with Crippen molar-refractivity contribution >= 4 is 29.1 Å². The van der Waals surface area contributed by atoms with Crippen molar-refractivity contribution in [3.8, 4) is 0 Å². The molecule has 0 aliphatic carbocycles. The van der Waals surface area contributed by atoms with E-state index in [0.717, 1.165) is 12.0 Å². The average molecular weight is 260 g/mol. The van der Waals surface area contributed by atoms with E-state index in [1.807, 2.05) is 19.1 Å². The van der Waals surface area contributed by atoms with Gasteiger partial charge in [-0.25, -0.2) is 0 Å². The van der Waals surface area contributed by atoms with Crippen LogP contribution in [0.4, 0.5) is 0 Å². The van der Waals surface area contributed by atoms with Crippen molar-refractivity contribution in [2.24, 2.45) is 0 Å². The van der Waals surface area contributed by atoms with Crippen LogP contribution in [0.2, 0.25) is 10.0 Å². The van der Waals surface area contributed by atoms with E-state index in [4.69, 9.17) is 23.2 Å². The second-order valence-corrected chi connectivity index (χ2v) is 4.65. The molecule has 0 aliphatic heterocycles. The zero-order valence-corrected chi connectivity index (χ0v) is 11.0. The Morgan fingerprint density at radius 2 is 1.81 bits per heavy atom. The number of rotatable bonds is 4. The minimum Gasteiger partial charge on any atom is -0.341 e. The van der Waals surface area contributed by atoms with E-state index in [1.54, 1.807) is 18.0 Å². The minimum absolute atomic E-state index is 0.138. The summed E-state index contributed by atoms with van der Waals surface area (Å²) in [4.78, 5) is 13.3. The highest BCUT2D eigenvalue weighted by Gasteiger charge is 2.08. The molecule has 0 N–H and O–H groups in total. The number of halogens is 2. The van der Waals surface area contributed by atoms with Gasteiger partial charge >= 0.3 is 0 Å². The summed E-state index contributed by atoms with van der Waals surface area (Å²) in [5.41, 5.74) is 0.949. The van der Waals surface area contributed by atoms with Crippen molar-refractivity contribution in [2.45, 2.75) is 26.3 Å². The third kappa shape index (κ3) is 4.03. The van der Waals surface area contributed by atoms with Crippen molar-refractivity contribution in [1.29, 1.82) is 0 Å². The van der Waals surface area contributed by atoms with Crippen molar-refractivity contribution in [3.05, 3.63) is 33.8 Å². The van der Waals surface area contributed by atoms with Crippen LogP contribution in [0.3, 0.4) is 0 Å². The number of nitrogens with zero attached hydrogens (tertiary/aromatic N) is 1. The number of hydrogen-bond acceptors (Lipinski definition) is 1. The Morgan fingerprint density at radius 3 is 2.31 bits per heavy atom. The molecule has 1 rings (SSSR count). The van der Waals surface area contributed by atoms with Gasteiger partial charge in [0.05, 0.1) is 0 Å². The zero-order valence-electron chi connectivity index (χ0n) is 9.46. The monoisotopic (exact) mass is 259 g/mol. The summed E-state index contributed by atoms with van der Waals surface area (Å²) in [5, 5.41) is 1.19. The fraction of sp³-hybridized carbons (Fsp3) is 0.417. The molecular formula is C12H15Cl2NO. The van der Waals surface area contributed by atoms with Gasteiger partial charge in [-0.1, -0.05) is 30.1 Å². The zero-order chi connectivity index (χ0) is 12.1. The molecule has 0 bridgehead atoms. The molecular weight excluding hydrogens is 245 g/mol. The van der Waals surface area contributed by atoms with Gasteiger partial charge in [0.15, 0.2) is 0 Å². The van der Waals surface area contributed by atoms with Gasteiger partial charge < -0.3 is 4.90 Å². The molecule has 16 heavy (non-hydrogen) atoms. The molecule has 1 amide bonds. The number of benzene rings is 1. The molecule has 0 aromatic heterocycles. The summed E-state index contributed by atoms with van der Waals surface area (Å²) in [6.07, 6.45) is 1.43. The number of carbonyl (C=O) groups is 1. The maximum absolute atomic E-state index is 11.6. The maximum atomic E-state index is 11.6. The molecule has 2 nitrogen and oxygen atoms in total. The van der Waals surface area contributed by atoms with Crippen LogP contribution in [0.1, 0.15) is 25.3 Å². The Hall–Kier alpha value is -0.730. The van der Waals surface area contributed by atoms with Crippen molar-refractivity contribution < 1.29 is 4.79 Å². The molecule has 0 fully saturated rings. The highest BCUT2D eigenvalue weighted by molar-refractivity contribution is 6.34. The van der Waals surface area contributed by atoms with Gasteiger partial charge in [0.2, 0.25) is 5.91 Å². The lowest BCUT2D eigenvalue weighted by Gasteiger charge is -2.17. The smallest absolute Gasteiger partial charge is 0.222 e. The first kappa shape index (κ1) is 13.3. The van der Waals surface area contributed by atoms with Crippen molar-refractivity contribution in [1.82, 2.24) is 4.90 Å². The summed E-state index contributed by atoms with van der Waals surface area (Å²) >= 11 is 11.8. The lowest BCUT2D eigenvalue weighted by Crippen LogP contribution is -2.25. The SMILES string of the molecule is CCCC(=O)N(C)Cc1cc(Cl)cc(Cl)c1. The van der Waals surface area contributed by atoms with Crippen molar-refractivity contribution in [2.75, 3.05) is 7.05 Å². The van der Waals surface area contributed by atoms with Crippen LogP contribution in [-0.2, 0) is 11.3 Å². The predicted molar refractivity (Wildman–Crippen MR) is 67.8 cm³/mol. The second-order valence-electron chi connectivity index (χ2n) is 3.78. The lowest BCUT2D eigenvalue weighted by molar-refractivity contribution is -0.130. The highest BCUT2D eigenvalue weighted by Crippen LogP contribution is 2.20. The molecule has 0 spiro atoms. The normalized spacial score (nSPS) is 10.2. The molecule has 0 saturated heterocycles. The summed E-state index contributed by atoms with van der Waals surface area (Å²) in [6.45, 7) is 2.53. The number of amides is 1. The molecule has 88 valence electrons. The van der Waals surface area contributed by atoms with Crippen LogP contribution in [0.25, 0.3) is 0 Å². The van der Waals surface area contributed by atoms with E-state index < -0.39 is 0 Å². The summed E-state index contributed by atoms with van der Waals surface area (Å²) in [7, 11) is 1.78. The fourth-order valence-electron chi connectivity index (χ4n) is 1.47. The lowest BCUT2D eigenvalue weighted by atomic mass is 10.2.